The maximum atomic E-state index is 5.62. The van der Waals surface area contributed by atoms with E-state index in [0.29, 0.717) is 13.2 Å². The molecule has 4 nitrogen and oxygen atoms in total. The molecule has 0 aromatic heterocycles. The fourth-order valence-electron chi connectivity index (χ4n) is 2.41. The fraction of sp³-hybridized carbons (Fsp3) is 0.294. The van der Waals surface area contributed by atoms with Gasteiger partial charge in [-0.15, -0.1) is 0 Å². The van der Waals surface area contributed by atoms with Gasteiger partial charge in [-0.1, -0.05) is 18.2 Å². The van der Waals surface area contributed by atoms with Gasteiger partial charge >= 0.3 is 0 Å². The molecule has 0 spiro atoms. The molecular formula is C17H20N2O2. The monoisotopic (exact) mass is 284 g/mol. The SMILES string of the molecule is CN(C)c1ccccc1NCc1ccc2c(c1)OCCO2. The van der Waals surface area contributed by atoms with Gasteiger partial charge in [0.1, 0.15) is 13.2 Å². The van der Waals surface area contributed by atoms with Gasteiger partial charge < -0.3 is 19.7 Å². The summed E-state index contributed by atoms with van der Waals surface area (Å²) < 4.78 is 11.2. The molecule has 2 aromatic rings. The molecule has 0 aliphatic carbocycles. The lowest BCUT2D eigenvalue weighted by atomic mass is 10.2. The van der Waals surface area contributed by atoms with Gasteiger partial charge in [0.05, 0.1) is 11.4 Å². The summed E-state index contributed by atoms with van der Waals surface area (Å²) in [4.78, 5) is 2.10. The lowest BCUT2D eigenvalue weighted by Gasteiger charge is -2.20. The molecule has 0 radical (unpaired) electrons. The minimum Gasteiger partial charge on any atom is -0.486 e. The number of anilines is 2. The van der Waals surface area contributed by atoms with Gasteiger partial charge in [0.2, 0.25) is 0 Å². The van der Waals surface area contributed by atoms with Crippen LogP contribution in [0.3, 0.4) is 0 Å². The minimum absolute atomic E-state index is 0.618. The lowest BCUT2D eigenvalue weighted by molar-refractivity contribution is 0.171. The van der Waals surface area contributed by atoms with Crippen molar-refractivity contribution in [2.24, 2.45) is 0 Å². The molecule has 0 bridgehead atoms. The second-order valence-corrected chi connectivity index (χ2v) is 5.24. The lowest BCUT2D eigenvalue weighted by Crippen LogP contribution is -2.15. The molecule has 0 amide bonds. The van der Waals surface area contributed by atoms with E-state index in [0.717, 1.165) is 23.7 Å². The summed E-state index contributed by atoms with van der Waals surface area (Å²) in [5.74, 6) is 1.67. The van der Waals surface area contributed by atoms with Gasteiger partial charge in [0, 0.05) is 20.6 Å². The van der Waals surface area contributed by atoms with Crippen molar-refractivity contribution in [1.82, 2.24) is 0 Å². The number of hydrogen-bond acceptors (Lipinski definition) is 4. The predicted molar refractivity (Wildman–Crippen MR) is 85.5 cm³/mol. The smallest absolute Gasteiger partial charge is 0.161 e. The molecule has 0 unspecified atom stereocenters. The number of ether oxygens (including phenoxy) is 2. The standard InChI is InChI=1S/C17H20N2O2/c1-19(2)15-6-4-3-5-14(15)18-12-13-7-8-16-17(11-13)21-10-9-20-16/h3-8,11,18H,9-10,12H2,1-2H3. The van der Waals surface area contributed by atoms with Gasteiger partial charge in [-0.25, -0.2) is 0 Å². The summed E-state index contributed by atoms with van der Waals surface area (Å²) in [6, 6.07) is 14.4. The molecule has 2 aromatic carbocycles. The highest BCUT2D eigenvalue weighted by Crippen LogP contribution is 2.31. The Morgan fingerprint density at radius 2 is 1.76 bits per heavy atom. The molecule has 0 saturated carbocycles. The van der Waals surface area contributed by atoms with Crippen LogP contribution in [0.1, 0.15) is 5.56 Å². The van der Waals surface area contributed by atoms with E-state index < -0.39 is 0 Å². The Bertz CT molecular complexity index is 626. The topological polar surface area (TPSA) is 33.7 Å². The van der Waals surface area contributed by atoms with Crippen molar-refractivity contribution in [2.75, 3.05) is 37.5 Å². The first kappa shape index (κ1) is 13.6. The van der Waals surface area contributed by atoms with Crippen LogP contribution in [-0.2, 0) is 6.54 Å². The summed E-state index contributed by atoms with van der Waals surface area (Å²) in [6.07, 6.45) is 0. The van der Waals surface area contributed by atoms with Gasteiger partial charge in [-0.05, 0) is 29.8 Å². The molecular weight excluding hydrogens is 264 g/mol. The van der Waals surface area contributed by atoms with Crippen molar-refractivity contribution in [1.29, 1.82) is 0 Å². The summed E-state index contributed by atoms with van der Waals surface area (Å²) in [5.41, 5.74) is 3.47. The van der Waals surface area contributed by atoms with E-state index in [-0.39, 0.29) is 0 Å². The average molecular weight is 284 g/mol. The van der Waals surface area contributed by atoms with Crippen molar-refractivity contribution in [3.05, 3.63) is 48.0 Å². The van der Waals surface area contributed by atoms with E-state index in [1.54, 1.807) is 0 Å². The first-order valence-corrected chi connectivity index (χ1v) is 7.13. The molecule has 4 heteroatoms. The number of benzene rings is 2. The van der Waals surface area contributed by atoms with E-state index in [1.807, 2.05) is 38.4 Å². The number of nitrogens with zero attached hydrogens (tertiary/aromatic N) is 1. The van der Waals surface area contributed by atoms with E-state index in [4.69, 9.17) is 9.47 Å². The molecule has 110 valence electrons. The van der Waals surface area contributed by atoms with Crippen molar-refractivity contribution in [3.8, 4) is 11.5 Å². The summed E-state index contributed by atoms with van der Waals surface area (Å²) in [7, 11) is 4.09. The molecule has 3 rings (SSSR count). The van der Waals surface area contributed by atoms with Crippen LogP contribution in [0.25, 0.3) is 0 Å². The van der Waals surface area contributed by atoms with Gasteiger partial charge in [0.25, 0.3) is 0 Å². The Labute approximate surface area is 125 Å². The third kappa shape index (κ3) is 3.05. The van der Waals surface area contributed by atoms with Crippen molar-refractivity contribution in [3.63, 3.8) is 0 Å². The van der Waals surface area contributed by atoms with Crippen molar-refractivity contribution < 1.29 is 9.47 Å². The van der Waals surface area contributed by atoms with E-state index >= 15 is 0 Å². The van der Waals surface area contributed by atoms with Gasteiger partial charge in [0.15, 0.2) is 11.5 Å². The quantitative estimate of drug-likeness (QED) is 0.935. The number of hydrogen-bond donors (Lipinski definition) is 1. The van der Waals surface area contributed by atoms with Crippen LogP contribution in [0.4, 0.5) is 11.4 Å². The van der Waals surface area contributed by atoms with Crippen LogP contribution in [0.2, 0.25) is 0 Å². The van der Waals surface area contributed by atoms with Gasteiger partial charge in [-0.2, -0.15) is 0 Å². The van der Waals surface area contributed by atoms with Crippen LogP contribution < -0.4 is 19.7 Å². The van der Waals surface area contributed by atoms with Crippen molar-refractivity contribution >= 4 is 11.4 Å². The number of fused-ring (bicyclic) bond motifs is 1. The first-order chi connectivity index (χ1) is 10.2. The molecule has 1 N–H and O–H groups in total. The number of rotatable bonds is 4. The van der Waals surface area contributed by atoms with Crippen molar-refractivity contribution in [2.45, 2.75) is 6.54 Å². The number of nitrogens with one attached hydrogen (secondary N) is 1. The Balaban J connectivity index is 1.73. The predicted octanol–water partition coefficient (Wildman–Crippen LogP) is 3.14. The maximum Gasteiger partial charge on any atom is 0.161 e. The highest BCUT2D eigenvalue weighted by atomic mass is 16.6. The van der Waals surface area contributed by atoms with Gasteiger partial charge in [-0.3, -0.25) is 0 Å². The van der Waals surface area contributed by atoms with Crippen LogP contribution in [0.15, 0.2) is 42.5 Å². The second-order valence-electron chi connectivity index (χ2n) is 5.24. The van der Waals surface area contributed by atoms with E-state index in [2.05, 4.69) is 28.4 Å². The third-order valence-corrected chi connectivity index (χ3v) is 3.48. The minimum atomic E-state index is 0.618. The average Bonchev–Trinajstić information content (AvgIpc) is 2.53. The molecule has 0 atom stereocenters. The zero-order valence-corrected chi connectivity index (χ0v) is 12.4. The zero-order valence-electron chi connectivity index (χ0n) is 12.4. The first-order valence-electron chi connectivity index (χ1n) is 7.13. The molecule has 0 fully saturated rings. The van der Waals surface area contributed by atoms with Crippen LogP contribution in [0.5, 0.6) is 11.5 Å². The summed E-state index contributed by atoms with van der Waals surface area (Å²) >= 11 is 0. The molecule has 0 saturated heterocycles. The Morgan fingerprint density at radius 1 is 1.00 bits per heavy atom. The molecule has 21 heavy (non-hydrogen) atoms. The van der Waals surface area contributed by atoms with Crippen LogP contribution in [-0.4, -0.2) is 27.3 Å². The molecule has 1 aliphatic heterocycles. The largest absolute Gasteiger partial charge is 0.486 e. The van der Waals surface area contributed by atoms with E-state index in [9.17, 15) is 0 Å². The normalized spacial score (nSPS) is 12.9. The third-order valence-electron chi connectivity index (χ3n) is 3.48. The van der Waals surface area contributed by atoms with Crippen LogP contribution >= 0.6 is 0 Å². The highest BCUT2D eigenvalue weighted by molar-refractivity contribution is 5.69. The summed E-state index contributed by atoms with van der Waals surface area (Å²) in [5, 5.41) is 3.48. The zero-order chi connectivity index (χ0) is 14.7. The Hall–Kier alpha value is -2.36. The Kier molecular flexibility index (Phi) is 3.86. The van der Waals surface area contributed by atoms with Crippen LogP contribution in [0, 0.1) is 0 Å². The molecule has 1 aliphatic rings. The Morgan fingerprint density at radius 3 is 2.57 bits per heavy atom. The number of para-hydroxylation sites is 2. The second kappa shape index (κ2) is 5.95. The highest BCUT2D eigenvalue weighted by Gasteiger charge is 2.11. The summed E-state index contributed by atoms with van der Waals surface area (Å²) in [6.45, 7) is 2.00. The molecule has 1 heterocycles. The van der Waals surface area contributed by atoms with E-state index in [1.165, 1.54) is 11.3 Å². The fourth-order valence-corrected chi connectivity index (χ4v) is 2.41. The maximum absolute atomic E-state index is 5.62.